The molecule has 0 amide bonds. The van der Waals surface area contributed by atoms with Gasteiger partial charge < -0.3 is 4.90 Å². The van der Waals surface area contributed by atoms with Crippen molar-refractivity contribution in [2.75, 3.05) is 4.90 Å². The minimum Gasteiger partial charge on any atom is -0.309 e. The summed E-state index contributed by atoms with van der Waals surface area (Å²) in [5.41, 5.74) is 16.1. The van der Waals surface area contributed by atoms with Crippen LogP contribution in [0, 0.1) is 0 Å². The zero-order valence-electron chi connectivity index (χ0n) is 28.8. The zero-order valence-corrected chi connectivity index (χ0v) is 28.8. The lowest BCUT2D eigenvalue weighted by atomic mass is 9.68. The molecule has 8 aromatic carbocycles. The van der Waals surface area contributed by atoms with E-state index >= 15 is 0 Å². The van der Waals surface area contributed by atoms with Gasteiger partial charge in [0.1, 0.15) is 0 Å². The topological polar surface area (TPSA) is 3.24 Å². The summed E-state index contributed by atoms with van der Waals surface area (Å²) in [6.45, 7) is 4.75. The Morgan fingerprint density at radius 3 is 1.65 bits per heavy atom. The molecule has 0 aromatic heterocycles. The Kier molecular flexibility index (Phi) is 6.51. The molecule has 0 unspecified atom stereocenters. The second-order valence-electron chi connectivity index (χ2n) is 14.5. The minimum absolute atomic E-state index is 0.130. The van der Waals surface area contributed by atoms with Crippen LogP contribution in [0.1, 0.15) is 47.2 Å². The Labute approximate surface area is 300 Å². The molecule has 0 fully saturated rings. The van der Waals surface area contributed by atoms with Crippen LogP contribution >= 0.6 is 0 Å². The average molecular weight is 652 g/mol. The van der Waals surface area contributed by atoms with Crippen molar-refractivity contribution in [3.05, 3.63) is 221 Å². The molecular formula is C50H37N. The standard InChI is InChI=1S/C50H37N/c1-49(2)43-28-16-15-27-41(43)47-46(49)32-34-18-12-13-25-39(34)48(47)51(37-23-10-5-11-24-37)38-30-31-45-42(33-38)40-26-14-17-29-44(40)50(45,35-19-6-3-7-20-35)36-21-8-4-9-22-36/h3-33H,1-2H3. The monoisotopic (exact) mass is 651 g/mol. The van der Waals surface area contributed by atoms with E-state index in [0.717, 1.165) is 11.4 Å². The molecule has 51 heavy (non-hydrogen) atoms. The van der Waals surface area contributed by atoms with E-state index in [0.29, 0.717) is 0 Å². The van der Waals surface area contributed by atoms with Crippen LogP contribution in [0.15, 0.2) is 188 Å². The van der Waals surface area contributed by atoms with Gasteiger partial charge >= 0.3 is 0 Å². The molecule has 2 aliphatic rings. The van der Waals surface area contributed by atoms with Gasteiger partial charge in [-0.1, -0.05) is 172 Å². The smallest absolute Gasteiger partial charge is 0.0713 e. The van der Waals surface area contributed by atoms with E-state index in [4.69, 9.17) is 0 Å². The van der Waals surface area contributed by atoms with Gasteiger partial charge in [0.25, 0.3) is 0 Å². The zero-order chi connectivity index (χ0) is 34.2. The molecule has 0 bridgehead atoms. The fourth-order valence-corrected chi connectivity index (χ4v) is 9.28. The Balaban J connectivity index is 1.30. The molecule has 1 nitrogen and oxygen atoms in total. The Bertz CT molecular complexity index is 2560. The molecular weight excluding hydrogens is 615 g/mol. The van der Waals surface area contributed by atoms with Crippen LogP contribution in [0.2, 0.25) is 0 Å². The van der Waals surface area contributed by atoms with Crippen molar-refractivity contribution in [1.29, 1.82) is 0 Å². The van der Waals surface area contributed by atoms with Gasteiger partial charge in [0.05, 0.1) is 11.1 Å². The van der Waals surface area contributed by atoms with Crippen LogP contribution in [0.4, 0.5) is 17.1 Å². The van der Waals surface area contributed by atoms with Crippen molar-refractivity contribution >= 4 is 27.8 Å². The van der Waals surface area contributed by atoms with Crippen LogP contribution in [0.5, 0.6) is 0 Å². The summed E-state index contributed by atoms with van der Waals surface area (Å²) in [4.78, 5) is 2.52. The Morgan fingerprint density at radius 1 is 0.392 bits per heavy atom. The maximum atomic E-state index is 2.52. The molecule has 2 aliphatic carbocycles. The lowest BCUT2D eigenvalue weighted by Gasteiger charge is -2.34. The summed E-state index contributed by atoms with van der Waals surface area (Å²) in [6, 6.07) is 69.6. The lowest BCUT2D eigenvalue weighted by molar-refractivity contribution is 0.661. The SMILES string of the molecule is CC1(C)c2ccccc2-c2c1cc1ccccc1c2N(c1ccccc1)c1ccc2c(c1)-c1ccccc1C2(c1ccccc1)c1ccccc1. The number of nitrogens with zero attached hydrogens (tertiary/aromatic N) is 1. The summed E-state index contributed by atoms with van der Waals surface area (Å²) in [5, 5.41) is 2.50. The molecule has 0 radical (unpaired) electrons. The maximum absolute atomic E-state index is 2.52. The number of benzene rings is 8. The van der Waals surface area contributed by atoms with Crippen molar-refractivity contribution in [2.45, 2.75) is 24.7 Å². The normalized spacial score (nSPS) is 14.4. The highest BCUT2D eigenvalue weighted by Gasteiger charge is 2.46. The van der Waals surface area contributed by atoms with Crippen molar-refractivity contribution < 1.29 is 0 Å². The van der Waals surface area contributed by atoms with Crippen molar-refractivity contribution in [3.63, 3.8) is 0 Å². The van der Waals surface area contributed by atoms with Crippen LogP contribution in [0.3, 0.4) is 0 Å². The van der Waals surface area contributed by atoms with Crippen molar-refractivity contribution in [2.24, 2.45) is 0 Å². The fraction of sp³-hybridized carbons (Fsp3) is 0.0800. The van der Waals surface area contributed by atoms with Crippen molar-refractivity contribution in [3.8, 4) is 22.3 Å². The average Bonchev–Trinajstić information content (AvgIpc) is 3.61. The number of para-hydroxylation sites is 1. The molecule has 10 rings (SSSR count). The first-order chi connectivity index (χ1) is 25.1. The molecule has 1 heteroatoms. The van der Waals surface area contributed by atoms with E-state index in [1.165, 1.54) is 72.1 Å². The van der Waals surface area contributed by atoms with E-state index in [2.05, 4.69) is 207 Å². The van der Waals surface area contributed by atoms with E-state index in [1.807, 2.05) is 0 Å². The molecule has 0 saturated heterocycles. The number of anilines is 3. The highest BCUT2D eigenvalue weighted by molar-refractivity contribution is 6.10. The molecule has 0 atom stereocenters. The van der Waals surface area contributed by atoms with E-state index < -0.39 is 5.41 Å². The van der Waals surface area contributed by atoms with Crippen LogP contribution in [-0.2, 0) is 10.8 Å². The van der Waals surface area contributed by atoms with Gasteiger partial charge in [-0.3, -0.25) is 0 Å². The summed E-state index contributed by atoms with van der Waals surface area (Å²) >= 11 is 0. The fourth-order valence-electron chi connectivity index (χ4n) is 9.28. The van der Waals surface area contributed by atoms with E-state index in [9.17, 15) is 0 Å². The van der Waals surface area contributed by atoms with E-state index in [1.54, 1.807) is 0 Å². The highest BCUT2D eigenvalue weighted by Crippen LogP contribution is 2.59. The first-order valence-electron chi connectivity index (χ1n) is 18.0. The lowest BCUT2D eigenvalue weighted by Crippen LogP contribution is -2.28. The molecule has 0 saturated carbocycles. The summed E-state index contributed by atoms with van der Waals surface area (Å²) < 4.78 is 0. The van der Waals surface area contributed by atoms with Crippen LogP contribution in [-0.4, -0.2) is 0 Å². The number of hydrogen-bond acceptors (Lipinski definition) is 1. The van der Waals surface area contributed by atoms with Gasteiger partial charge in [0, 0.05) is 27.7 Å². The summed E-state index contributed by atoms with van der Waals surface area (Å²) in [7, 11) is 0. The summed E-state index contributed by atoms with van der Waals surface area (Å²) in [5.74, 6) is 0. The highest BCUT2D eigenvalue weighted by atomic mass is 15.1. The maximum Gasteiger partial charge on any atom is 0.0713 e. The molecule has 0 aliphatic heterocycles. The second-order valence-corrected chi connectivity index (χ2v) is 14.5. The molecule has 242 valence electrons. The third kappa shape index (κ3) is 4.15. The van der Waals surface area contributed by atoms with Gasteiger partial charge in [-0.05, 0) is 85.8 Å². The predicted molar refractivity (Wildman–Crippen MR) is 213 cm³/mol. The molecule has 0 heterocycles. The number of rotatable bonds is 5. The molecule has 8 aromatic rings. The Morgan fingerprint density at radius 2 is 0.941 bits per heavy atom. The van der Waals surface area contributed by atoms with Gasteiger partial charge in [-0.2, -0.15) is 0 Å². The van der Waals surface area contributed by atoms with Gasteiger partial charge in [0.2, 0.25) is 0 Å². The number of hydrogen-bond donors (Lipinski definition) is 0. The van der Waals surface area contributed by atoms with Crippen LogP contribution < -0.4 is 4.90 Å². The largest absolute Gasteiger partial charge is 0.309 e. The Hall–Kier alpha value is -6.18. The first-order valence-corrected chi connectivity index (χ1v) is 18.0. The first kappa shape index (κ1) is 29.7. The molecule has 0 N–H and O–H groups in total. The number of fused-ring (bicyclic) bond motifs is 7. The third-order valence-corrected chi connectivity index (χ3v) is 11.5. The van der Waals surface area contributed by atoms with Gasteiger partial charge in [0.15, 0.2) is 0 Å². The van der Waals surface area contributed by atoms with E-state index in [-0.39, 0.29) is 5.41 Å². The quantitative estimate of drug-likeness (QED) is 0.179. The van der Waals surface area contributed by atoms with Crippen molar-refractivity contribution in [1.82, 2.24) is 0 Å². The summed E-state index contributed by atoms with van der Waals surface area (Å²) in [6.07, 6.45) is 0. The second kappa shape index (κ2) is 11.2. The minimum atomic E-state index is -0.436. The van der Waals surface area contributed by atoms with Crippen LogP contribution in [0.25, 0.3) is 33.0 Å². The predicted octanol–water partition coefficient (Wildman–Crippen LogP) is 13.0. The van der Waals surface area contributed by atoms with Gasteiger partial charge in [-0.15, -0.1) is 0 Å². The van der Waals surface area contributed by atoms with Gasteiger partial charge in [-0.25, -0.2) is 0 Å². The third-order valence-electron chi connectivity index (χ3n) is 11.5. The molecule has 0 spiro atoms.